The minimum absolute atomic E-state index is 0.184. The van der Waals surface area contributed by atoms with Gasteiger partial charge in [0.15, 0.2) is 0 Å². The van der Waals surface area contributed by atoms with Crippen molar-refractivity contribution in [2.45, 2.75) is 30.9 Å². The number of aryl methyl sites for hydroxylation is 2. The molecule has 0 bridgehead atoms. The van der Waals surface area contributed by atoms with Gasteiger partial charge in [-0.25, -0.2) is 0 Å². The molecule has 0 saturated carbocycles. The molecular formula is C19H17F2NO2S. The summed E-state index contributed by atoms with van der Waals surface area (Å²) in [5.74, 6) is -2.64. The third-order valence-electron chi connectivity index (χ3n) is 3.98. The molecule has 3 nitrogen and oxygen atoms in total. The van der Waals surface area contributed by atoms with Crippen LogP contribution in [0.4, 0.5) is 14.5 Å². The van der Waals surface area contributed by atoms with Crippen LogP contribution >= 0.6 is 11.8 Å². The van der Waals surface area contributed by atoms with E-state index in [1.807, 2.05) is 26.0 Å². The fraction of sp³-hybridized carbons (Fsp3) is 0.211. The molecule has 1 N–H and O–H groups in total. The van der Waals surface area contributed by atoms with Crippen molar-refractivity contribution in [3.05, 3.63) is 59.4 Å². The number of anilines is 1. The van der Waals surface area contributed by atoms with Crippen molar-refractivity contribution in [1.82, 2.24) is 0 Å². The zero-order chi connectivity index (χ0) is 18.0. The Hall–Kier alpha value is -2.34. The molecule has 0 aliphatic heterocycles. The first-order chi connectivity index (χ1) is 11.9. The summed E-state index contributed by atoms with van der Waals surface area (Å²) in [5.41, 5.74) is 4.44. The number of furan rings is 1. The maximum atomic E-state index is 12.3. The van der Waals surface area contributed by atoms with Gasteiger partial charge in [-0.3, -0.25) is 4.79 Å². The highest BCUT2D eigenvalue weighted by Crippen LogP contribution is 2.27. The van der Waals surface area contributed by atoms with Gasteiger partial charge >= 0.3 is 0 Å². The first kappa shape index (κ1) is 17.5. The molecule has 0 atom stereocenters. The molecule has 1 heterocycles. The molecule has 0 radical (unpaired) electrons. The number of halogens is 2. The van der Waals surface area contributed by atoms with Crippen molar-refractivity contribution in [1.29, 1.82) is 0 Å². The van der Waals surface area contributed by atoms with Crippen molar-refractivity contribution in [3.8, 4) is 0 Å². The van der Waals surface area contributed by atoms with Gasteiger partial charge in [0.05, 0.1) is 12.7 Å². The predicted molar refractivity (Wildman–Crippen MR) is 96.3 cm³/mol. The SMILES string of the molecule is Cc1cc2occ(CC(=O)Nc3ccc(SC(F)F)cc3)c2cc1C. The molecular weight excluding hydrogens is 344 g/mol. The molecule has 0 spiro atoms. The summed E-state index contributed by atoms with van der Waals surface area (Å²) in [6.45, 7) is 4.03. The maximum Gasteiger partial charge on any atom is 0.288 e. The van der Waals surface area contributed by atoms with Gasteiger partial charge in [-0.05, 0) is 61.4 Å². The van der Waals surface area contributed by atoms with E-state index in [9.17, 15) is 13.6 Å². The number of benzene rings is 2. The Bertz CT molecular complexity index is 904. The van der Waals surface area contributed by atoms with E-state index in [0.29, 0.717) is 22.3 Å². The molecule has 0 fully saturated rings. The summed E-state index contributed by atoms with van der Waals surface area (Å²) >= 11 is 0.475. The minimum atomic E-state index is -2.46. The van der Waals surface area contributed by atoms with Crippen LogP contribution in [0, 0.1) is 13.8 Å². The Balaban J connectivity index is 1.69. The molecule has 3 rings (SSSR count). The van der Waals surface area contributed by atoms with Crippen LogP contribution in [0.5, 0.6) is 0 Å². The standard InChI is InChI=1S/C19H17F2NO2S/c1-11-7-16-13(10-24-17(16)8-12(11)2)9-18(23)22-14-3-5-15(6-4-14)25-19(20)21/h3-8,10,19H,9H2,1-2H3,(H,22,23). The number of carbonyl (C=O) groups excluding carboxylic acids is 1. The van der Waals surface area contributed by atoms with E-state index in [1.165, 1.54) is 0 Å². The van der Waals surface area contributed by atoms with Gasteiger partial charge in [0.1, 0.15) is 5.58 Å². The molecule has 1 amide bonds. The summed E-state index contributed by atoms with van der Waals surface area (Å²) in [4.78, 5) is 12.7. The van der Waals surface area contributed by atoms with Crippen molar-refractivity contribution >= 4 is 34.3 Å². The molecule has 0 unspecified atom stereocenters. The number of carbonyl (C=O) groups is 1. The molecule has 1 aromatic heterocycles. The summed E-state index contributed by atoms with van der Waals surface area (Å²) in [6.07, 6.45) is 1.79. The lowest BCUT2D eigenvalue weighted by Crippen LogP contribution is -2.14. The number of fused-ring (bicyclic) bond motifs is 1. The van der Waals surface area contributed by atoms with Crippen LogP contribution in [0.3, 0.4) is 0 Å². The van der Waals surface area contributed by atoms with E-state index < -0.39 is 5.76 Å². The molecule has 25 heavy (non-hydrogen) atoms. The van der Waals surface area contributed by atoms with Gasteiger partial charge in [-0.1, -0.05) is 11.8 Å². The molecule has 6 heteroatoms. The van der Waals surface area contributed by atoms with Crippen LogP contribution in [-0.2, 0) is 11.2 Å². The Morgan fingerprint density at radius 2 is 1.84 bits per heavy atom. The fourth-order valence-corrected chi connectivity index (χ4v) is 3.07. The van der Waals surface area contributed by atoms with Crippen LogP contribution in [0.15, 0.2) is 52.0 Å². The maximum absolute atomic E-state index is 12.3. The van der Waals surface area contributed by atoms with Gasteiger partial charge in [-0.15, -0.1) is 0 Å². The quantitative estimate of drug-likeness (QED) is 0.606. The van der Waals surface area contributed by atoms with Gasteiger partial charge < -0.3 is 9.73 Å². The average molecular weight is 361 g/mol. The number of hydrogen-bond acceptors (Lipinski definition) is 3. The zero-order valence-corrected chi connectivity index (χ0v) is 14.6. The van der Waals surface area contributed by atoms with Crippen LogP contribution in [-0.4, -0.2) is 11.7 Å². The van der Waals surface area contributed by atoms with Crippen LogP contribution in [0.2, 0.25) is 0 Å². The first-order valence-electron chi connectivity index (χ1n) is 7.74. The fourth-order valence-electron chi connectivity index (χ4n) is 2.57. The molecule has 0 aliphatic rings. The van der Waals surface area contributed by atoms with Crippen LogP contribution < -0.4 is 5.32 Å². The van der Waals surface area contributed by atoms with Crippen LogP contribution in [0.25, 0.3) is 11.0 Å². The molecule has 0 aliphatic carbocycles. The highest BCUT2D eigenvalue weighted by molar-refractivity contribution is 7.99. The van der Waals surface area contributed by atoms with E-state index in [1.54, 1.807) is 30.5 Å². The first-order valence-corrected chi connectivity index (χ1v) is 8.62. The van der Waals surface area contributed by atoms with Gasteiger partial charge in [0.2, 0.25) is 5.91 Å². The van der Waals surface area contributed by atoms with Crippen molar-refractivity contribution < 1.29 is 18.0 Å². The van der Waals surface area contributed by atoms with Gasteiger partial charge in [0, 0.05) is 21.5 Å². The smallest absolute Gasteiger partial charge is 0.288 e. The molecule has 0 saturated heterocycles. The predicted octanol–water partition coefficient (Wildman–Crippen LogP) is 5.55. The second-order valence-electron chi connectivity index (χ2n) is 5.82. The topological polar surface area (TPSA) is 42.2 Å². The minimum Gasteiger partial charge on any atom is -0.464 e. The van der Waals surface area contributed by atoms with E-state index in [4.69, 9.17) is 4.42 Å². The Morgan fingerprint density at radius 1 is 1.16 bits per heavy atom. The van der Waals surface area contributed by atoms with Crippen LogP contribution in [0.1, 0.15) is 16.7 Å². The highest BCUT2D eigenvalue weighted by Gasteiger charge is 2.12. The van der Waals surface area contributed by atoms with Crippen molar-refractivity contribution in [3.63, 3.8) is 0 Å². The Labute approximate surface area is 148 Å². The third kappa shape index (κ3) is 4.20. The van der Waals surface area contributed by atoms with Crippen molar-refractivity contribution in [2.24, 2.45) is 0 Å². The van der Waals surface area contributed by atoms with Gasteiger partial charge in [0.25, 0.3) is 5.76 Å². The Morgan fingerprint density at radius 3 is 2.52 bits per heavy atom. The lowest BCUT2D eigenvalue weighted by molar-refractivity contribution is -0.115. The number of amides is 1. The highest BCUT2D eigenvalue weighted by atomic mass is 32.2. The van der Waals surface area contributed by atoms with E-state index >= 15 is 0 Å². The zero-order valence-electron chi connectivity index (χ0n) is 13.8. The summed E-state index contributed by atoms with van der Waals surface area (Å²) in [5, 5.41) is 3.71. The van der Waals surface area contributed by atoms with Crippen molar-refractivity contribution in [2.75, 3.05) is 5.32 Å². The molecule has 2 aromatic carbocycles. The number of hydrogen-bond donors (Lipinski definition) is 1. The number of nitrogens with one attached hydrogen (secondary N) is 1. The summed E-state index contributed by atoms with van der Waals surface area (Å²) in [6, 6.07) is 10.3. The number of rotatable bonds is 5. The van der Waals surface area contributed by atoms with E-state index in [-0.39, 0.29) is 12.3 Å². The Kier molecular flexibility index (Phi) is 5.08. The molecule has 3 aromatic rings. The van der Waals surface area contributed by atoms with E-state index in [2.05, 4.69) is 5.32 Å². The average Bonchev–Trinajstić information content (AvgIpc) is 2.91. The summed E-state index contributed by atoms with van der Waals surface area (Å²) in [7, 11) is 0. The normalized spacial score (nSPS) is 11.2. The second kappa shape index (κ2) is 7.27. The number of alkyl halides is 2. The lowest BCUT2D eigenvalue weighted by atomic mass is 10.0. The van der Waals surface area contributed by atoms with E-state index in [0.717, 1.165) is 27.7 Å². The second-order valence-corrected chi connectivity index (χ2v) is 6.88. The largest absolute Gasteiger partial charge is 0.464 e. The van der Waals surface area contributed by atoms with Gasteiger partial charge in [-0.2, -0.15) is 8.78 Å². The molecule has 130 valence electrons. The third-order valence-corrected chi connectivity index (χ3v) is 4.71. The summed E-state index contributed by atoms with van der Waals surface area (Å²) < 4.78 is 30.2. The number of thioether (sulfide) groups is 1. The lowest BCUT2D eigenvalue weighted by Gasteiger charge is -2.06. The monoisotopic (exact) mass is 361 g/mol.